The van der Waals surface area contributed by atoms with Crippen molar-refractivity contribution in [3.05, 3.63) is 29.3 Å². The third kappa shape index (κ3) is 2.44. The van der Waals surface area contributed by atoms with Gasteiger partial charge in [0.15, 0.2) is 6.10 Å². The maximum atomic E-state index is 12.4. The van der Waals surface area contributed by atoms with Gasteiger partial charge in [-0.15, -0.1) is 0 Å². The SMILES string of the molecule is NNc1cc(C(O)C(=O)O)ccc1C(F)F. The van der Waals surface area contributed by atoms with E-state index in [2.05, 4.69) is 0 Å². The molecule has 0 aromatic heterocycles. The number of carbonyl (C=O) groups is 1. The van der Waals surface area contributed by atoms with Crippen molar-refractivity contribution in [3.8, 4) is 0 Å². The molecule has 0 saturated heterocycles. The number of nitrogen functional groups attached to an aromatic ring is 1. The lowest BCUT2D eigenvalue weighted by atomic mass is 10.1. The molecule has 0 amide bonds. The fourth-order valence-corrected chi connectivity index (χ4v) is 1.20. The number of rotatable bonds is 4. The van der Waals surface area contributed by atoms with E-state index < -0.39 is 18.5 Å². The molecule has 0 aliphatic carbocycles. The van der Waals surface area contributed by atoms with E-state index in [1.165, 1.54) is 0 Å². The van der Waals surface area contributed by atoms with E-state index in [1.54, 1.807) is 0 Å². The molecule has 16 heavy (non-hydrogen) atoms. The van der Waals surface area contributed by atoms with Crippen molar-refractivity contribution in [2.75, 3.05) is 5.43 Å². The molecule has 5 N–H and O–H groups in total. The summed E-state index contributed by atoms with van der Waals surface area (Å²) in [6.07, 6.45) is -4.50. The number of hydrogen-bond donors (Lipinski definition) is 4. The number of nitrogens with one attached hydrogen (secondary N) is 1. The van der Waals surface area contributed by atoms with Crippen LogP contribution in [0.3, 0.4) is 0 Å². The zero-order valence-corrected chi connectivity index (χ0v) is 8.02. The molecule has 7 heteroatoms. The summed E-state index contributed by atoms with van der Waals surface area (Å²) in [6.45, 7) is 0. The van der Waals surface area contributed by atoms with Gasteiger partial charge in [-0.2, -0.15) is 0 Å². The minimum absolute atomic E-state index is 0.0233. The van der Waals surface area contributed by atoms with Crippen LogP contribution < -0.4 is 11.3 Å². The molecular formula is C9H10F2N2O3. The largest absolute Gasteiger partial charge is 0.479 e. The molecule has 0 heterocycles. The van der Waals surface area contributed by atoms with Crippen molar-refractivity contribution >= 4 is 11.7 Å². The summed E-state index contributed by atoms with van der Waals surface area (Å²) in [5.41, 5.74) is 1.53. The lowest BCUT2D eigenvalue weighted by molar-refractivity contribution is -0.146. The van der Waals surface area contributed by atoms with Crippen LogP contribution in [0.5, 0.6) is 0 Å². The molecule has 0 fully saturated rings. The highest BCUT2D eigenvalue weighted by Crippen LogP contribution is 2.29. The van der Waals surface area contributed by atoms with Crippen LogP contribution in [0, 0.1) is 0 Å². The highest BCUT2D eigenvalue weighted by molar-refractivity contribution is 5.74. The van der Waals surface area contributed by atoms with Gasteiger partial charge in [-0.25, -0.2) is 13.6 Å². The fourth-order valence-electron chi connectivity index (χ4n) is 1.20. The van der Waals surface area contributed by atoms with Gasteiger partial charge in [0, 0.05) is 5.56 Å². The molecular weight excluding hydrogens is 222 g/mol. The number of halogens is 2. The van der Waals surface area contributed by atoms with E-state index in [4.69, 9.17) is 10.9 Å². The molecule has 1 rings (SSSR count). The molecule has 0 bridgehead atoms. The Morgan fingerprint density at radius 3 is 2.50 bits per heavy atom. The summed E-state index contributed by atoms with van der Waals surface area (Å²) in [5, 5.41) is 17.7. The normalized spacial score (nSPS) is 12.6. The van der Waals surface area contributed by atoms with Crippen molar-refractivity contribution in [2.45, 2.75) is 12.5 Å². The number of aliphatic hydroxyl groups excluding tert-OH is 1. The highest BCUT2D eigenvalue weighted by atomic mass is 19.3. The molecule has 5 nitrogen and oxygen atoms in total. The molecule has 0 saturated carbocycles. The van der Waals surface area contributed by atoms with Crippen LogP contribution in [0.4, 0.5) is 14.5 Å². The number of benzene rings is 1. The average Bonchev–Trinajstić information content (AvgIpc) is 2.26. The van der Waals surface area contributed by atoms with E-state index in [1.807, 2.05) is 5.43 Å². The fraction of sp³-hybridized carbons (Fsp3) is 0.222. The molecule has 0 spiro atoms. The lowest BCUT2D eigenvalue weighted by Crippen LogP contribution is -2.13. The Hall–Kier alpha value is -1.73. The zero-order valence-electron chi connectivity index (χ0n) is 8.02. The second-order valence-electron chi connectivity index (χ2n) is 3.03. The number of aliphatic hydroxyl groups is 1. The van der Waals surface area contributed by atoms with E-state index in [0.717, 1.165) is 18.2 Å². The Bertz CT molecular complexity index is 398. The standard InChI is InChI=1S/C9H10F2N2O3/c10-8(11)5-2-1-4(3-6(5)13-12)7(14)9(15)16/h1-3,7-8,13-14H,12H2,(H,15,16). The number of alkyl halides is 2. The van der Waals surface area contributed by atoms with E-state index in [0.29, 0.717) is 0 Å². The predicted octanol–water partition coefficient (Wildman–Crippen LogP) is 1.03. The van der Waals surface area contributed by atoms with Crippen LogP contribution in [-0.2, 0) is 4.79 Å². The van der Waals surface area contributed by atoms with Gasteiger partial charge in [-0.3, -0.25) is 5.84 Å². The first-order valence-corrected chi connectivity index (χ1v) is 4.27. The summed E-state index contributed by atoms with van der Waals surface area (Å²) in [6, 6.07) is 3.20. The highest BCUT2D eigenvalue weighted by Gasteiger charge is 2.19. The smallest absolute Gasteiger partial charge is 0.337 e. The predicted molar refractivity (Wildman–Crippen MR) is 51.8 cm³/mol. The van der Waals surface area contributed by atoms with Crippen LogP contribution in [0.1, 0.15) is 23.7 Å². The zero-order chi connectivity index (χ0) is 12.3. The number of carboxylic acids is 1. The van der Waals surface area contributed by atoms with Gasteiger partial charge in [0.05, 0.1) is 5.69 Å². The second kappa shape index (κ2) is 4.86. The molecule has 1 aromatic carbocycles. The third-order valence-corrected chi connectivity index (χ3v) is 2.02. The molecule has 0 aliphatic heterocycles. The number of aliphatic carboxylic acids is 1. The molecule has 0 aliphatic rings. The van der Waals surface area contributed by atoms with E-state index in [9.17, 15) is 18.7 Å². The van der Waals surface area contributed by atoms with Gasteiger partial charge in [0.2, 0.25) is 0 Å². The van der Waals surface area contributed by atoms with Crippen LogP contribution in [0.2, 0.25) is 0 Å². The van der Waals surface area contributed by atoms with Gasteiger partial charge < -0.3 is 15.6 Å². The summed E-state index contributed by atoms with van der Waals surface area (Å²) >= 11 is 0. The van der Waals surface area contributed by atoms with Crippen molar-refractivity contribution in [3.63, 3.8) is 0 Å². The second-order valence-corrected chi connectivity index (χ2v) is 3.03. The summed E-state index contributed by atoms with van der Waals surface area (Å²) in [5.74, 6) is 3.56. The maximum absolute atomic E-state index is 12.4. The first kappa shape index (κ1) is 12.3. The van der Waals surface area contributed by atoms with Gasteiger partial charge in [-0.05, 0) is 11.6 Å². The van der Waals surface area contributed by atoms with Crippen LogP contribution >= 0.6 is 0 Å². The molecule has 1 unspecified atom stereocenters. The van der Waals surface area contributed by atoms with Gasteiger partial charge in [0.1, 0.15) is 0 Å². The van der Waals surface area contributed by atoms with Crippen molar-refractivity contribution < 1.29 is 23.8 Å². The number of carboxylic acid groups (broad SMARTS) is 1. The topological polar surface area (TPSA) is 95.6 Å². The summed E-state index contributed by atoms with van der Waals surface area (Å²) in [4.78, 5) is 10.5. The molecule has 1 atom stereocenters. The van der Waals surface area contributed by atoms with Gasteiger partial charge >= 0.3 is 5.97 Å². The number of anilines is 1. The Labute approximate surface area is 89.5 Å². The monoisotopic (exact) mass is 232 g/mol. The maximum Gasteiger partial charge on any atom is 0.337 e. The Morgan fingerprint density at radius 1 is 1.44 bits per heavy atom. The average molecular weight is 232 g/mol. The van der Waals surface area contributed by atoms with Crippen molar-refractivity contribution in [2.24, 2.45) is 5.84 Å². The Kier molecular flexibility index (Phi) is 3.75. The minimum Gasteiger partial charge on any atom is -0.479 e. The first-order valence-electron chi connectivity index (χ1n) is 4.27. The van der Waals surface area contributed by atoms with Gasteiger partial charge in [-0.1, -0.05) is 12.1 Å². The molecule has 0 radical (unpaired) electrons. The van der Waals surface area contributed by atoms with Crippen LogP contribution in [0.15, 0.2) is 18.2 Å². The van der Waals surface area contributed by atoms with Crippen LogP contribution in [0.25, 0.3) is 0 Å². The number of hydrogen-bond acceptors (Lipinski definition) is 4. The van der Waals surface area contributed by atoms with E-state index >= 15 is 0 Å². The van der Waals surface area contributed by atoms with Crippen molar-refractivity contribution in [1.82, 2.24) is 0 Å². The minimum atomic E-state index is -2.73. The first-order chi connectivity index (χ1) is 7.47. The Morgan fingerprint density at radius 2 is 2.06 bits per heavy atom. The molecule has 88 valence electrons. The van der Waals surface area contributed by atoms with Crippen LogP contribution in [-0.4, -0.2) is 16.2 Å². The Balaban J connectivity index is 3.13. The van der Waals surface area contributed by atoms with Gasteiger partial charge in [0.25, 0.3) is 6.43 Å². The van der Waals surface area contributed by atoms with E-state index in [-0.39, 0.29) is 16.8 Å². The number of hydrazine groups is 1. The summed E-state index contributed by atoms with van der Waals surface area (Å²) in [7, 11) is 0. The molecule has 1 aromatic rings. The number of nitrogens with two attached hydrogens (primary N) is 1. The lowest BCUT2D eigenvalue weighted by Gasteiger charge is -2.12. The third-order valence-electron chi connectivity index (χ3n) is 2.02. The quantitative estimate of drug-likeness (QED) is 0.459. The summed E-state index contributed by atoms with van der Waals surface area (Å²) < 4.78 is 24.9. The van der Waals surface area contributed by atoms with Crippen molar-refractivity contribution in [1.29, 1.82) is 0 Å².